The molecule has 3 aromatic rings. The van der Waals surface area contributed by atoms with Crippen LogP contribution in [0.1, 0.15) is 31.1 Å². The Labute approximate surface area is 161 Å². The van der Waals surface area contributed by atoms with E-state index in [-0.39, 0.29) is 22.7 Å². The molecule has 1 amide bonds. The van der Waals surface area contributed by atoms with E-state index in [0.717, 1.165) is 18.2 Å². The van der Waals surface area contributed by atoms with Crippen LogP contribution in [0.5, 0.6) is 0 Å². The second-order valence-corrected chi connectivity index (χ2v) is 7.50. The number of anilines is 1. The van der Waals surface area contributed by atoms with E-state index in [1.807, 2.05) is 20.8 Å². The summed E-state index contributed by atoms with van der Waals surface area (Å²) in [5, 5.41) is 5.99. The Morgan fingerprint density at radius 2 is 1.96 bits per heavy atom. The summed E-state index contributed by atoms with van der Waals surface area (Å²) in [6, 6.07) is 6.48. The lowest BCUT2D eigenvalue weighted by Gasteiger charge is -2.22. The summed E-state index contributed by atoms with van der Waals surface area (Å²) < 4.78 is 29.9. The first kappa shape index (κ1) is 19.8. The lowest BCUT2D eigenvalue weighted by molar-refractivity contribution is 0.0954. The highest BCUT2D eigenvalue weighted by Gasteiger charge is 2.22. The Hall–Kier alpha value is -3.00. The Bertz CT molecular complexity index is 1020. The molecule has 8 heteroatoms. The molecule has 0 aliphatic carbocycles. The van der Waals surface area contributed by atoms with Crippen molar-refractivity contribution in [3.63, 3.8) is 0 Å². The number of hydrogen-bond acceptors (Lipinski definition) is 4. The minimum atomic E-state index is -0.581. The predicted octanol–water partition coefficient (Wildman–Crippen LogP) is 3.18. The largest absolute Gasteiger partial charge is 0.365 e. The van der Waals surface area contributed by atoms with Gasteiger partial charge in [0, 0.05) is 36.0 Å². The number of hydrogen-bond donors (Lipinski definition) is 3. The molecule has 0 spiro atoms. The van der Waals surface area contributed by atoms with Crippen LogP contribution in [0, 0.1) is 11.6 Å². The van der Waals surface area contributed by atoms with Gasteiger partial charge >= 0.3 is 0 Å². The van der Waals surface area contributed by atoms with Crippen LogP contribution in [-0.2, 0) is 0 Å². The Morgan fingerprint density at radius 1 is 1.21 bits per heavy atom. The monoisotopic (exact) mass is 387 g/mol. The van der Waals surface area contributed by atoms with Crippen LogP contribution in [0.3, 0.4) is 0 Å². The molecular weight excluding hydrogens is 364 g/mol. The topological polar surface area (TPSA) is 84.5 Å². The van der Waals surface area contributed by atoms with E-state index in [2.05, 4.69) is 15.6 Å². The maximum atomic E-state index is 14.4. The van der Waals surface area contributed by atoms with Crippen LogP contribution in [0.25, 0.3) is 16.9 Å². The van der Waals surface area contributed by atoms with E-state index in [9.17, 15) is 13.6 Å². The first-order valence-electron chi connectivity index (χ1n) is 8.93. The molecule has 0 radical (unpaired) electrons. The summed E-state index contributed by atoms with van der Waals surface area (Å²) in [5.74, 6) is -0.902. The molecule has 0 aliphatic heterocycles. The number of imidazole rings is 1. The fourth-order valence-electron chi connectivity index (χ4n) is 2.82. The number of carbonyl (C=O) groups is 1. The van der Waals surface area contributed by atoms with Gasteiger partial charge in [0.05, 0.1) is 0 Å². The third kappa shape index (κ3) is 4.12. The third-order valence-corrected chi connectivity index (χ3v) is 4.00. The number of fused-ring (bicyclic) bond motifs is 1. The molecule has 0 bridgehead atoms. The highest BCUT2D eigenvalue weighted by atomic mass is 19.1. The zero-order chi connectivity index (χ0) is 20.5. The van der Waals surface area contributed by atoms with Crippen molar-refractivity contribution in [1.29, 1.82) is 0 Å². The smallest absolute Gasteiger partial charge is 0.251 e. The van der Waals surface area contributed by atoms with Crippen LogP contribution < -0.4 is 16.4 Å². The normalized spacial score (nSPS) is 11.6. The SMILES string of the molecule is CC(C)(C)Nc1c(-c2cc(F)ccc2F)nc2cc(C(=O)NCCN)ccn12. The van der Waals surface area contributed by atoms with Crippen molar-refractivity contribution in [3.8, 4) is 11.3 Å². The van der Waals surface area contributed by atoms with Gasteiger partial charge in [-0.25, -0.2) is 13.8 Å². The first-order valence-corrected chi connectivity index (χ1v) is 8.93. The number of nitrogens with two attached hydrogens (primary N) is 1. The molecule has 148 valence electrons. The maximum Gasteiger partial charge on any atom is 0.251 e. The Balaban J connectivity index is 2.17. The first-order chi connectivity index (χ1) is 13.2. The summed E-state index contributed by atoms with van der Waals surface area (Å²) in [6.07, 6.45) is 1.68. The molecule has 2 aromatic heterocycles. The molecule has 0 saturated carbocycles. The van der Waals surface area contributed by atoms with Crippen molar-refractivity contribution >= 4 is 17.4 Å². The summed E-state index contributed by atoms with van der Waals surface area (Å²) in [5.41, 5.74) is 6.21. The molecule has 3 rings (SSSR count). The van der Waals surface area contributed by atoms with Gasteiger partial charge in [-0.3, -0.25) is 9.20 Å². The van der Waals surface area contributed by atoms with E-state index >= 15 is 0 Å². The summed E-state index contributed by atoms with van der Waals surface area (Å²) in [4.78, 5) is 16.7. The van der Waals surface area contributed by atoms with Crippen LogP contribution >= 0.6 is 0 Å². The van der Waals surface area contributed by atoms with E-state index in [4.69, 9.17) is 5.73 Å². The zero-order valence-electron chi connectivity index (χ0n) is 16.0. The van der Waals surface area contributed by atoms with Crippen LogP contribution in [0.4, 0.5) is 14.6 Å². The van der Waals surface area contributed by atoms with E-state index < -0.39 is 11.6 Å². The number of rotatable bonds is 5. The van der Waals surface area contributed by atoms with Gasteiger partial charge in [-0.1, -0.05) is 0 Å². The fraction of sp³-hybridized carbons (Fsp3) is 0.300. The van der Waals surface area contributed by atoms with Crippen molar-refractivity contribution in [2.24, 2.45) is 5.73 Å². The zero-order valence-corrected chi connectivity index (χ0v) is 16.0. The molecule has 28 heavy (non-hydrogen) atoms. The van der Waals surface area contributed by atoms with Gasteiger partial charge < -0.3 is 16.4 Å². The fourth-order valence-corrected chi connectivity index (χ4v) is 2.82. The van der Waals surface area contributed by atoms with Crippen LogP contribution in [0.15, 0.2) is 36.5 Å². The summed E-state index contributed by atoms with van der Waals surface area (Å²) in [6.45, 7) is 6.54. The van der Waals surface area contributed by atoms with E-state index in [0.29, 0.717) is 30.1 Å². The molecule has 0 unspecified atom stereocenters. The van der Waals surface area contributed by atoms with Gasteiger partial charge in [0.1, 0.15) is 28.8 Å². The molecule has 1 aromatic carbocycles. The molecule has 6 nitrogen and oxygen atoms in total. The molecule has 2 heterocycles. The van der Waals surface area contributed by atoms with Gasteiger partial charge in [0.15, 0.2) is 0 Å². The molecule has 0 atom stereocenters. The minimum Gasteiger partial charge on any atom is -0.365 e. The highest BCUT2D eigenvalue weighted by Crippen LogP contribution is 2.33. The second kappa shape index (κ2) is 7.55. The van der Waals surface area contributed by atoms with Crippen molar-refractivity contribution in [3.05, 3.63) is 53.7 Å². The predicted molar refractivity (Wildman–Crippen MR) is 105 cm³/mol. The van der Waals surface area contributed by atoms with Gasteiger partial charge in [0.25, 0.3) is 5.91 Å². The quantitative estimate of drug-likeness (QED) is 0.628. The van der Waals surface area contributed by atoms with E-state index in [1.165, 1.54) is 0 Å². The Morgan fingerprint density at radius 3 is 2.64 bits per heavy atom. The lowest BCUT2D eigenvalue weighted by Crippen LogP contribution is -2.29. The standard InChI is InChI=1S/C20H23F2N5O/c1-20(2,3)26-18-17(14-11-13(21)4-5-15(14)22)25-16-10-12(6-9-27(16)18)19(28)24-8-7-23/h4-6,9-11,26H,7-8,23H2,1-3H3,(H,24,28). The number of carbonyl (C=O) groups excluding carboxylic acids is 1. The number of benzene rings is 1. The molecule has 0 aliphatic rings. The van der Waals surface area contributed by atoms with Crippen molar-refractivity contribution in [2.45, 2.75) is 26.3 Å². The molecule has 0 saturated heterocycles. The molecule has 0 fully saturated rings. The van der Waals surface area contributed by atoms with E-state index in [1.54, 1.807) is 22.7 Å². The number of amides is 1. The van der Waals surface area contributed by atoms with Gasteiger partial charge in [-0.2, -0.15) is 0 Å². The highest BCUT2D eigenvalue weighted by molar-refractivity contribution is 5.95. The number of pyridine rings is 1. The van der Waals surface area contributed by atoms with Crippen molar-refractivity contribution in [1.82, 2.24) is 14.7 Å². The third-order valence-electron chi connectivity index (χ3n) is 4.00. The van der Waals surface area contributed by atoms with Crippen LogP contribution in [-0.4, -0.2) is 33.9 Å². The number of nitrogens with one attached hydrogen (secondary N) is 2. The summed E-state index contributed by atoms with van der Waals surface area (Å²) in [7, 11) is 0. The Kier molecular flexibility index (Phi) is 5.33. The van der Waals surface area contributed by atoms with Gasteiger partial charge in [0.2, 0.25) is 0 Å². The number of nitrogens with zero attached hydrogens (tertiary/aromatic N) is 2. The average molecular weight is 387 g/mol. The average Bonchev–Trinajstić information content (AvgIpc) is 2.97. The minimum absolute atomic E-state index is 0.0459. The lowest BCUT2D eigenvalue weighted by atomic mass is 10.1. The van der Waals surface area contributed by atoms with Gasteiger partial charge in [-0.15, -0.1) is 0 Å². The van der Waals surface area contributed by atoms with Gasteiger partial charge in [-0.05, 0) is 51.1 Å². The van der Waals surface area contributed by atoms with Crippen LogP contribution in [0.2, 0.25) is 0 Å². The van der Waals surface area contributed by atoms with Crippen molar-refractivity contribution in [2.75, 3.05) is 18.4 Å². The van der Waals surface area contributed by atoms with Crippen molar-refractivity contribution < 1.29 is 13.6 Å². The maximum absolute atomic E-state index is 14.4. The molecule has 4 N–H and O–H groups in total. The summed E-state index contributed by atoms with van der Waals surface area (Å²) >= 11 is 0. The number of aromatic nitrogens is 2. The second-order valence-electron chi connectivity index (χ2n) is 7.50. The number of halogens is 2. The molecular formula is C20H23F2N5O.